The number of fused-ring (bicyclic) bond motifs is 20. The zero-order chi connectivity index (χ0) is 98.0. The Morgan fingerprint density at radius 3 is 0.760 bits per heavy atom. The van der Waals surface area contributed by atoms with Crippen LogP contribution in [0.25, 0.3) is 320 Å². The van der Waals surface area contributed by atoms with Gasteiger partial charge in [0.1, 0.15) is 11.6 Å². The van der Waals surface area contributed by atoms with Crippen molar-refractivity contribution in [3.8, 4) is 146 Å². The van der Waals surface area contributed by atoms with Crippen LogP contribution in [0.15, 0.2) is 498 Å². The molecule has 8 aromatic heterocycles. The molecule has 0 aliphatic heterocycles. The third kappa shape index (κ3) is 12.2. The van der Waals surface area contributed by atoms with Crippen LogP contribution >= 0.6 is 0 Å². The molecular formula is C140H82N10. The molecule has 0 radical (unpaired) electrons. The van der Waals surface area contributed by atoms with Gasteiger partial charge in [-0.2, -0.15) is 0 Å². The van der Waals surface area contributed by atoms with Crippen LogP contribution in [0.2, 0.25) is 0 Å². The van der Waals surface area contributed by atoms with Crippen LogP contribution in [0.1, 0.15) is 0 Å². The molecule has 0 amide bonds. The third-order valence-electron chi connectivity index (χ3n) is 31.8. The van der Waals surface area contributed by atoms with Crippen molar-refractivity contribution in [2.45, 2.75) is 0 Å². The maximum atomic E-state index is 5.33. The normalized spacial score (nSPS) is 12.1. The van der Waals surface area contributed by atoms with Gasteiger partial charge in [0, 0.05) is 99.9 Å². The summed E-state index contributed by atoms with van der Waals surface area (Å²) in [5, 5.41) is 30.4. The van der Waals surface area contributed by atoms with E-state index in [2.05, 4.69) is 477 Å². The Labute approximate surface area is 859 Å². The van der Waals surface area contributed by atoms with Gasteiger partial charge in [-0.25, -0.2) is 29.9 Å². The summed E-state index contributed by atoms with van der Waals surface area (Å²) in [4.78, 5) is 30.0. The van der Waals surface area contributed by atoms with Crippen LogP contribution < -0.4 is 0 Å². The molecule has 31 aromatic rings. The van der Waals surface area contributed by atoms with E-state index < -0.39 is 0 Å². The van der Waals surface area contributed by atoms with Crippen LogP contribution in [0, 0.1) is 0 Å². The molecule has 0 N–H and O–H groups in total. The molecule has 150 heavy (non-hydrogen) atoms. The van der Waals surface area contributed by atoms with Crippen molar-refractivity contribution in [2.24, 2.45) is 0 Å². The van der Waals surface area contributed by atoms with Gasteiger partial charge < -0.3 is 0 Å². The van der Waals surface area contributed by atoms with Crippen molar-refractivity contribution in [3.05, 3.63) is 498 Å². The van der Waals surface area contributed by atoms with Gasteiger partial charge in [-0.1, -0.05) is 394 Å². The van der Waals surface area contributed by atoms with E-state index in [1.165, 1.54) is 246 Å². The first-order valence-corrected chi connectivity index (χ1v) is 51.3. The summed E-state index contributed by atoms with van der Waals surface area (Å²) in [5.74, 6) is 3.25. The number of hydrogen-bond donors (Lipinski definition) is 0. The predicted octanol–water partition coefficient (Wildman–Crippen LogP) is 36.3. The van der Waals surface area contributed by atoms with Crippen molar-refractivity contribution in [3.63, 3.8) is 0 Å². The number of hydrogen-bond acceptors (Lipinski definition) is 6. The molecule has 0 fully saturated rings. The first kappa shape index (κ1) is 83.3. The van der Waals surface area contributed by atoms with E-state index in [9.17, 15) is 0 Å². The highest BCUT2D eigenvalue weighted by molar-refractivity contribution is 6.39. The van der Waals surface area contributed by atoms with Gasteiger partial charge in [0.05, 0.1) is 61.2 Å². The summed E-state index contributed by atoms with van der Waals surface area (Å²) in [5.41, 5.74) is 35.9. The fraction of sp³-hybridized carbons (Fsp3) is 0. The van der Waals surface area contributed by atoms with Crippen molar-refractivity contribution in [1.82, 2.24) is 48.2 Å². The Morgan fingerprint density at radius 2 is 0.407 bits per heavy atom. The number of benzene rings is 23. The van der Waals surface area contributed by atoms with E-state index in [4.69, 9.17) is 19.9 Å². The lowest BCUT2D eigenvalue weighted by atomic mass is 9.92. The number of aromatic nitrogens is 10. The second-order valence-corrected chi connectivity index (χ2v) is 39.6. The topological polar surface area (TPSA) is 97.1 Å². The van der Waals surface area contributed by atoms with Crippen LogP contribution in [-0.4, -0.2) is 48.2 Å². The molecule has 0 bridgehead atoms. The largest absolute Gasteiger partial charge is 0.293 e. The lowest BCUT2D eigenvalue weighted by Crippen LogP contribution is -2.04. The third-order valence-corrected chi connectivity index (χ3v) is 31.8. The summed E-state index contributed by atoms with van der Waals surface area (Å²) >= 11 is 0. The molecule has 4 aliphatic carbocycles. The number of pyridine rings is 2. The van der Waals surface area contributed by atoms with Gasteiger partial charge in [0.25, 0.3) is 0 Å². The molecule has 0 spiro atoms. The van der Waals surface area contributed by atoms with E-state index in [-0.39, 0.29) is 0 Å². The summed E-state index contributed by atoms with van der Waals surface area (Å²) in [7, 11) is 0. The fourth-order valence-electron chi connectivity index (χ4n) is 25.7. The van der Waals surface area contributed by atoms with E-state index in [0.29, 0.717) is 11.9 Å². The van der Waals surface area contributed by atoms with Gasteiger partial charge in [0.15, 0.2) is 0 Å². The number of rotatable bonds is 7. The van der Waals surface area contributed by atoms with Crippen LogP contribution in [0.3, 0.4) is 0 Å². The Hall–Kier alpha value is -20.2. The van der Waals surface area contributed by atoms with Crippen LogP contribution in [0.5, 0.6) is 0 Å². The van der Waals surface area contributed by atoms with Crippen molar-refractivity contribution < 1.29 is 0 Å². The highest BCUT2D eigenvalue weighted by atomic mass is 15.2. The highest BCUT2D eigenvalue weighted by Crippen LogP contribution is 2.58. The average molecular weight is 1900 g/mol. The second kappa shape index (κ2) is 32.7. The van der Waals surface area contributed by atoms with E-state index in [1.807, 2.05) is 48.9 Å². The lowest BCUT2D eigenvalue weighted by molar-refractivity contribution is 0.991. The predicted molar refractivity (Wildman–Crippen MR) is 624 cm³/mol. The zero-order valence-corrected chi connectivity index (χ0v) is 80.8. The Kier molecular flexibility index (Phi) is 18.1. The maximum absolute atomic E-state index is 5.33. The van der Waals surface area contributed by atoms with Gasteiger partial charge in [-0.05, 0) is 239 Å². The van der Waals surface area contributed by atoms with E-state index in [0.717, 1.165) is 62.0 Å². The van der Waals surface area contributed by atoms with Gasteiger partial charge in [-0.3, -0.25) is 18.3 Å². The molecule has 10 nitrogen and oxygen atoms in total. The molecule has 692 valence electrons. The Bertz CT molecular complexity index is 10900. The van der Waals surface area contributed by atoms with Crippen molar-refractivity contribution in [2.75, 3.05) is 0 Å². The molecule has 10 heteroatoms. The molecule has 23 aromatic carbocycles. The molecule has 0 atom stereocenters. The summed E-state index contributed by atoms with van der Waals surface area (Å²) in [6.45, 7) is 0. The zero-order valence-electron chi connectivity index (χ0n) is 80.8. The fourth-order valence-corrected chi connectivity index (χ4v) is 25.7. The molecule has 0 unspecified atom stereocenters. The minimum Gasteiger partial charge on any atom is -0.293 e. The maximum Gasteiger partial charge on any atom is 0.235 e. The minimum absolute atomic E-state index is 0.670. The van der Waals surface area contributed by atoms with Crippen molar-refractivity contribution >= 4 is 173 Å². The molecule has 8 heterocycles. The summed E-state index contributed by atoms with van der Waals surface area (Å²) in [6, 6.07) is 172. The molecular weight excluding hydrogens is 1820 g/mol. The van der Waals surface area contributed by atoms with Gasteiger partial charge >= 0.3 is 0 Å². The molecule has 35 rings (SSSR count). The van der Waals surface area contributed by atoms with E-state index in [1.54, 1.807) is 0 Å². The summed E-state index contributed by atoms with van der Waals surface area (Å²) in [6.07, 6.45) is 5.52. The average Bonchev–Trinajstić information content (AvgIpc) is 1.54. The number of nitrogens with zero attached hydrogens (tertiary/aromatic N) is 10. The van der Waals surface area contributed by atoms with Gasteiger partial charge in [-0.15, -0.1) is 0 Å². The quantitative estimate of drug-likeness (QED) is 0.158. The molecule has 0 saturated heterocycles. The van der Waals surface area contributed by atoms with E-state index >= 15 is 0 Å². The summed E-state index contributed by atoms with van der Waals surface area (Å²) < 4.78 is 9.33. The monoisotopic (exact) mass is 1900 g/mol. The van der Waals surface area contributed by atoms with Crippen molar-refractivity contribution in [1.29, 1.82) is 0 Å². The lowest BCUT2D eigenvalue weighted by Gasteiger charge is -2.15. The Morgan fingerprint density at radius 1 is 0.140 bits per heavy atom. The standard InChI is InChI=1S/C42H25N3.C37H22N2.C31H18N2.C30H17N3/c1-3-12-26(13-4-1)35-25-36(27-14-5-2-6-15-27)44-42(43-35)45-37-23-22-28-17-11-21-33-31-19-9-10-20-32(31)34-24-29-16-7-8-18-30(29)41(45)39(34)40(37)38(28)33;1-2-10-23(11-3-1)31-18-9-19-33(38-31)39-32-21-20-24-13-8-17-29-27-15-6-7-16-28(27)30-22-25-12-4-5-14-26(25)37(39)35(30)36(32)34(24)29;1-2-10-21-20(8-1)18-25-23-12-4-3-11-22(23)24-13-7-9-19-15-16-26-30(28(19)24)29(25)31(21)33(26)27-14-5-6-17-32-27;1-2-9-20-19(7-1)17-24-22-11-4-3-10-21(22)23-12-5-8-18-13-14-25-28(26(18)23)27(24)29(20)33(25)30-31-15-6-16-32-30/h1-25H;1-22H;1-18H;1-17H. The van der Waals surface area contributed by atoms with Crippen LogP contribution in [0.4, 0.5) is 0 Å². The molecule has 0 saturated carbocycles. The highest BCUT2D eigenvalue weighted by Gasteiger charge is 2.34. The Balaban J connectivity index is 0.0000000889. The van der Waals surface area contributed by atoms with Crippen LogP contribution in [-0.2, 0) is 0 Å². The first-order chi connectivity index (χ1) is 74.5. The minimum atomic E-state index is 0.670. The second-order valence-electron chi connectivity index (χ2n) is 39.6. The first-order valence-electron chi connectivity index (χ1n) is 51.3. The molecule has 4 aliphatic rings. The van der Waals surface area contributed by atoms with Gasteiger partial charge in [0.2, 0.25) is 11.9 Å². The SMILES string of the molecule is c1ccc(-c2cc(-c3ccccc3)nc(-n3c4ccc5cccc6c5c4c4c(cc5ccccc5c43)-c3ccccc3-6)n2)cc1.c1ccc(-c2cccc(-n3c4ccc5cccc6c5c4c4c(cc5ccccc5c43)-c3ccccc3-6)n2)cc1.c1ccc(-n2c3ccc4cccc5c4c3c3c(cc4ccccc4c32)-c2ccccc2-5)nc1.c1cnc(-n2c3ccc4cccc5c4c3c3c(cc4ccccc4c32)-c2ccccc2-5)nc1. The smallest absolute Gasteiger partial charge is 0.235 e.